The molecule has 1 fully saturated rings. The van der Waals surface area contributed by atoms with E-state index in [1.807, 2.05) is 42.5 Å². The van der Waals surface area contributed by atoms with Crippen molar-refractivity contribution in [2.45, 2.75) is 32.0 Å². The van der Waals surface area contributed by atoms with Crippen molar-refractivity contribution in [3.63, 3.8) is 0 Å². The number of nitrogens with zero attached hydrogens (tertiary/aromatic N) is 1. The largest absolute Gasteiger partial charge is 1.00 e. The Kier molecular flexibility index (Phi) is 9.14. The number of amides is 2. The van der Waals surface area contributed by atoms with Gasteiger partial charge in [0.1, 0.15) is 13.1 Å². The van der Waals surface area contributed by atoms with E-state index in [9.17, 15) is 4.79 Å². The molecule has 0 spiro atoms. The van der Waals surface area contributed by atoms with Crippen molar-refractivity contribution >= 4 is 45.7 Å². The number of piperidine rings is 1. The van der Waals surface area contributed by atoms with Gasteiger partial charge < -0.3 is 32.1 Å². The molecule has 0 radical (unpaired) electrons. The Hall–Kier alpha value is -2.57. The van der Waals surface area contributed by atoms with Gasteiger partial charge in [-0.1, -0.05) is 96.0 Å². The van der Waals surface area contributed by atoms with E-state index in [4.69, 9.17) is 23.2 Å². The predicted octanol–water partition coefficient (Wildman–Crippen LogP) is 4.65. The number of halogens is 3. The van der Waals surface area contributed by atoms with E-state index in [1.54, 1.807) is 0 Å². The minimum atomic E-state index is -0.149. The van der Waals surface area contributed by atoms with Gasteiger partial charge in [-0.15, -0.1) is 0 Å². The normalized spacial score (nSPS) is 19.1. The van der Waals surface area contributed by atoms with Crippen molar-refractivity contribution in [1.29, 1.82) is 0 Å². The van der Waals surface area contributed by atoms with Gasteiger partial charge in [-0.25, -0.2) is 4.79 Å². The summed E-state index contributed by atoms with van der Waals surface area (Å²) in [6, 6.07) is 30.6. The Morgan fingerprint density at radius 2 is 1.46 bits per heavy atom. The Bertz CT molecular complexity index is 1350. The molecular formula is C30H30BrCl2N3O. The van der Waals surface area contributed by atoms with Crippen molar-refractivity contribution in [3.8, 4) is 0 Å². The molecule has 2 N–H and O–H groups in total. The lowest BCUT2D eigenvalue weighted by molar-refractivity contribution is -0.958. The zero-order valence-corrected chi connectivity index (χ0v) is 23.6. The summed E-state index contributed by atoms with van der Waals surface area (Å²) in [6.07, 6.45) is 1.83. The molecule has 1 heterocycles. The van der Waals surface area contributed by atoms with Gasteiger partial charge in [-0.2, -0.15) is 0 Å². The number of nitrogens with one attached hydrogen (secondary N) is 2. The van der Waals surface area contributed by atoms with E-state index in [1.165, 1.54) is 11.1 Å². The Morgan fingerprint density at radius 1 is 0.784 bits per heavy atom. The van der Waals surface area contributed by atoms with Gasteiger partial charge in [0.25, 0.3) is 0 Å². The van der Waals surface area contributed by atoms with Crippen LogP contribution in [0.15, 0.2) is 91.0 Å². The first-order valence-electron chi connectivity index (χ1n) is 12.4. The highest BCUT2D eigenvalue weighted by Gasteiger charge is 2.35. The fraction of sp³-hybridized carbons (Fsp3) is 0.233. The van der Waals surface area contributed by atoms with Crippen LogP contribution in [0.1, 0.15) is 24.0 Å². The number of fused-ring (bicyclic) bond motifs is 1. The molecule has 4 nitrogen and oxygen atoms in total. The van der Waals surface area contributed by atoms with Crippen molar-refractivity contribution in [2.75, 3.05) is 18.4 Å². The molecule has 0 bridgehead atoms. The van der Waals surface area contributed by atoms with E-state index in [2.05, 4.69) is 59.2 Å². The molecule has 7 heteroatoms. The predicted molar refractivity (Wildman–Crippen MR) is 149 cm³/mol. The van der Waals surface area contributed by atoms with E-state index >= 15 is 0 Å². The monoisotopic (exact) mass is 597 g/mol. The third-order valence-electron chi connectivity index (χ3n) is 7.14. The van der Waals surface area contributed by atoms with E-state index in [0.717, 1.165) is 60.0 Å². The van der Waals surface area contributed by atoms with Crippen LogP contribution in [0, 0.1) is 0 Å². The van der Waals surface area contributed by atoms with Crippen LogP contribution in [-0.2, 0) is 13.1 Å². The fourth-order valence-electron chi connectivity index (χ4n) is 5.31. The molecule has 1 aliphatic heterocycles. The minimum Gasteiger partial charge on any atom is -1.00 e. The highest BCUT2D eigenvalue weighted by Crippen LogP contribution is 2.30. The molecule has 0 atom stereocenters. The first-order valence-corrected chi connectivity index (χ1v) is 13.1. The summed E-state index contributed by atoms with van der Waals surface area (Å²) in [4.78, 5) is 12.9. The molecule has 0 saturated carbocycles. The van der Waals surface area contributed by atoms with Crippen molar-refractivity contribution in [2.24, 2.45) is 0 Å². The molecule has 5 rings (SSSR count). The maximum atomic E-state index is 12.9. The summed E-state index contributed by atoms with van der Waals surface area (Å²) in [5.41, 5.74) is 3.33. The first kappa shape index (κ1) is 27.5. The summed E-state index contributed by atoms with van der Waals surface area (Å²) in [5, 5.41) is 9.60. The van der Waals surface area contributed by atoms with Gasteiger partial charge in [-0.05, 0) is 23.6 Å². The summed E-state index contributed by atoms with van der Waals surface area (Å²) in [6.45, 7) is 3.75. The lowest BCUT2D eigenvalue weighted by Crippen LogP contribution is -3.00. The van der Waals surface area contributed by atoms with Crippen molar-refractivity contribution < 1.29 is 26.3 Å². The van der Waals surface area contributed by atoms with Gasteiger partial charge in [0.2, 0.25) is 0 Å². The van der Waals surface area contributed by atoms with E-state index in [0.29, 0.717) is 10.0 Å². The maximum Gasteiger partial charge on any atom is 0.319 e. The number of urea groups is 1. The Morgan fingerprint density at radius 3 is 2.22 bits per heavy atom. The average Bonchev–Trinajstić information content (AvgIpc) is 2.89. The van der Waals surface area contributed by atoms with Gasteiger partial charge >= 0.3 is 6.03 Å². The standard InChI is InChI=1S/C30H29Cl2N3O.BrH/c31-27-14-13-23(19-28(27)32)21-35(20-22-7-2-1-3-8-22)17-15-25(16-18-35)33-30(36)34-29-12-6-10-24-9-4-5-11-26(24)29;/h1-14,19,25H,15-18,20-21H2,(H-,33,34,36);1H. The number of anilines is 1. The molecule has 4 aromatic rings. The summed E-state index contributed by atoms with van der Waals surface area (Å²) < 4.78 is 0.922. The van der Waals surface area contributed by atoms with Crippen LogP contribution in [0.25, 0.3) is 10.8 Å². The molecule has 0 unspecified atom stereocenters. The number of quaternary nitrogens is 1. The fourth-order valence-corrected chi connectivity index (χ4v) is 5.63. The summed E-state index contributed by atoms with van der Waals surface area (Å²) >= 11 is 12.5. The number of rotatable bonds is 6. The second kappa shape index (κ2) is 12.3. The smallest absolute Gasteiger partial charge is 0.319 e. The first-order chi connectivity index (χ1) is 17.5. The van der Waals surface area contributed by atoms with E-state index < -0.39 is 0 Å². The third-order valence-corrected chi connectivity index (χ3v) is 7.88. The molecule has 192 valence electrons. The van der Waals surface area contributed by atoms with Crippen LogP contribution >= 0.6 is 23.2 Å². The van der Waals surface area contributed by atoms with Gasteiger partial charge in [0.15, 0.2) is 0 Å². The van der Waals surface area contributed by atoms with Crippen LogP contribution in [-0.4, -0.2) is 29.6 Å². The number of likely N-dealkylation sites (tertiary alicyclic amines) is 1. The number of hydrogen-bond acceptors (Lipinski definition) is 1. The average molecular weight is 599 g/mol. The molecule has 1 aliphatic rings. The summed E-state index contributed by atoms with van der Waals surface area (Å²) in [5.74, 6) is 0. The quantitative estimate of drug-likeness (QED) is 0.312. The van der Waals surface area contributed by atoms with Gasteiger partial charge in [0.05, 0.1) is 28.8 Å². The molecule has 4 aromatic carbocycles. The van der Waals surface area contributed by atoms with Crippen LogP contribution in [0.4, 0.5) is 10.5 Å². The third kappa shape index (κ3) is 6.85. The Labute approximate surface area is 238 Å². The zero-order chi connectivity index (χ0) is 25.0. The lowest BCUT2D eigenvalue weighted by atomic mass is 9.99. The van der Waals surface area contributed by atoms with Crippen LogP contribution in [0.2, 0.25) is 10.0 Å². The zero-order valence-electron chi connectivity index (χ0n) is 20.5. The number of benzene rings is 4. The molecule has 37 heavy (non-hydrogen) atoms. The van der Waals surface area contributed by atoms with Crippen LogP contribution in [0.3, 0.4) is 0 Å². The number of hydrogen-bond donors (Lipinski definition) is 2. The molecule has 2 amide bonds. The van der Waals surface area contributed by atoms with Crippen LogP contribution in [0.5, 0.6) is 0 Å². The summed E-state index contributed by atoms with van der Waals surface area (Å²) in [7, 11) is 0. The topological polar surface area (TPSA) is 41.1 Å². The number of carbonyl (C=O) groups excluding carboxylic acids is 1. The molecule has 1 saturated heterocycles. The minimum absolute atomic E-state index is 0. The lowest BCUT2D eigenvalue weighted by Gasteiger charge is -2.44. The van der Waals surface area contributed by atoms with Crippen molar-refractivity contribution in [1.82, 2.24) is 5.32 Å². The second-order valence-corrected chi connectivity index (χ2v) is 10.6. The maximum absolute atomic E-state index is 12.9. The van der Waals surface area contributed by atoms with Crippen molar-refractivity contribution in [3.05, 3.63) is 112 Å². The molecule has 0 aliphatic carbocycles. The highest BCUT2D eigenvalue weighted by atomic mass is 79.9. The SMILES string of the molecule is O=C(Nc1cccc2ccccc12)NC1CC[N+](Cc2ccccc2)(Cc2ccc(Cl)c(Cl)c2)CC1.[Br-]. The van der Waals surface area contributed by atoms with Crippen LogP contribution < -0.4 is 27.6 Å². The Balaban J connectivity index is 0.00000320. The highest BCUT2D eigenvalue weighted by molar-refractivity contribution is 6.42. The molecule has 0 aromatic heterocycles. The number of carbonyl (C=O) groups is 1. The molecular weight excluding hydrogens is 569 g/mol. The second-order valence-electron chi connectivity index (χ2n) is 9.74. The van der Waals surface area contributed by atoms with E-state index in [-0.39, 0.29) is 29.1 Å². The van der Waals surface area contributed by atoms with Gasteiger partial charge in [0, 0.05) is 35.4 Å². The van der Waals surface area contributed by atoms with Gasteiger partial charge in [-0.3, -0.25) is 0 Å².